The van der Waals surface area contributed by atoms with Crippen LogP contribution in [0.15, 0.2) is 0 Å². The number of carbonyl (C=O) groups excluding carboxylic acids is 1. The van der Waals surface area contributed by atoms with Crippen LogP contribution in [0.3, 0.4) is 0 Å². The van der Waals surface area contributed by atoms with Crippen LogP contribution in [0, 0.1) is 0 Å². The highest BCUT2D eigenvalue weighted by atomic mass is 32.2. The van der Waals surface area contributed by atoms with Crippen molar-refractivity contribution < 1.29 is 64.3 Å². The zero-order valence-corrected chi connectivity index (χ0v) is 20.0. The largest absolute Gasteiger partial charge is 0.481 e. The Morgan fingerprint density at radius 2 is 1.54 bits per heavy atom. The van der Waals surface area contributed by atoms with Crippen molar-refractivity contribution in [2.45, 2.75) is 81.1 Å². The number of rotatable bonds is 13. The second-order valence-corrected chi connectivity index (χ2v) is 9.45. The Labute approximate surface area is 206 Å². The highest BCUT2D eigenvalue weighted by molar-refractivity contribution is 7.99. The topological polar surface area (TPSA) is 225 Å². The second kappa shape index (κ2) is 14.6. The molecule has 2 saturated heterocycles. The summed E-state index contributed by atoms with van der Waals surface area (Å²) in [5.74, 6) is -0.366. The van der Waals surface area contributed by atoms with Crippen LogP contribution in [0.1, 0.15) is 19.8 Å². The van der Waals surface area contributed by atoms with Gasteiger partial charge in [0.2, 0.25) is 5.91 Å². The third-order valence-electron chi connectivity index (χ3n) is 5.54. The van der Waals surface area contributed by atoms with E-state index in [9.17, 15) is 40.2 Å². The van der Waals surface area contributed by atoms with Crippen LogP contribution in [0.5, 0.6) is 0 Å². The van der Waals surface area contributed by atoms with E-state index >= 15 is 0 Å². The van der Waals surface area contributed by atoms with Gasteiger partial charge in [-0.1, -0.05) is 0 Å². The first kappa shape index (κ1) is 30.1. The van der Waals surface area contributed by atoms with Gasteiger partial charge in [-0.3, -0.25) is 9.59 Å². The number of aliphatic carboxylic acids is 1. The van der Waals surface area contributed by atoms with E-state index in [2.05, 4.69) is 5.32 Å². The van der Waals surface area contributed by atoms with Gasteiger partial charge < -0.3 is 60.0 Å². The van der Waals surface area contributed by atoms with Gasteiger partial charge in [-0.25, -0.2) is 0 Å². The summed E-state index contributed by atoms with van der Waals surface area (Å²) in [5.41, 5.74) is 0. The van der Waals surface area contributed by atoms with Crippen LogP contribution in [-0.4, -0.2) is 140 Å². The molecule has 0 aromatic rings. The molecule has 1 amide bonds. The van der Waals surface area contributed by atoms with Crippen LogP contribution >= 0.6 is 11.8 Å². The van der Waals surface area contributed by atoms with Crippen molar-refractivity contribution in [2.24, 2.45) is 0 Å². The van der Waals surface area contributed by atoms with Crippen LogP contribution in [-0.2, 0) is 28.5 Å². The van der Waals surface area contributed by atoms with Crippen LogP contribution in [0.25, 0.3) is 0 Å². The number of aliphatic hydroxyl groups is 6. The van der Waals surface area contributed by atoms with Gasteiger partial charge in [-0.05, 0) is 12.2 Å². The zero-order chi connectivity index (χ0) is 26.1. The van der Waals surface area contributed by atoms with Crippen LogP contribution in [0.2, 0.25) is 0 Å². The third-order valence-corrected chi connectivity index (χ3v) is 6.61. The molecule has 35 heavy (non-hydrogen) atoms. The number of aliphatic hydroxyl groups excluding tert-OH is 6. The number of carboxylic acids is 1. The van der Waals surface area contributed by atoms with Crippen molar-refractivity contribution in [1.82, 2.24) is 5.32 Å². The van der Waals surface area contributed by atoms with E-state index in [0.29, 0.717) is 17.9 Å². The monoisotopic (exact) mass is 529 g/mol. The van der Waals surface area contributed by atoms with Gasteiger partial charge >= 0.3 is 5.97 Å². The van der Waals surface area contributed by atoms with Crippen LogP contribution < -0.4 is 5.32 Å². The number of hydrogen-bond donors (Lipinski definition) is 8. The molecule has 15 heteroatoms. The fraction of sp³-hybridized carbons (Fsp3) is 0.900. The van der Waals surface area contributed by atoms with Gasteiger partial charge in [0.25, 0.3) is 0 Å². The van der Waals surface area contributed by atoms with E-state index in [-0.39, 0.29) is 13.0 Å². The minimum Gasteiger partial charge on any atom is -0.481 e. The minimum atomic E-state index is -1.75. The van der Waals surface area contributed by atoms with Crippen molar-refractivity contribution in [2.75, 3.05) is 31.3 Å². The van der Waals surface area contributed by atoms with Crippen LogP contribution in [0.4, 0.5) is 0 Å². The molecule has 204 valence electrons. The fourth-order valence-electron chi connectivity index (χ4n) is 3.72. The highest BCUT2D eigenvalue weighted by Gasteiger charge is 2.51. The Bertz CT molecular complexity index is 671. The molecule has 14 nitrogen and oxygen atoms in total. The van der Waals surface area contributed by atoms with E-state index in [1.165, 1.54) is 18.7 Å². The summed E-state index contributed by atoms with van der Waals surface area (Å²) in [6.07, 6.45) is -12.6. The molecule has 10 atom stereocenters. The number of hydrogen-bond acceptors (Lipinski definition) is 13. The van der Waals surface area contributed by atoms with E-state index in [1.807, 2.05) is 0 Å². The van der Waals surface area contributed by atoms with E-state index in [4.69, 9.17) is 24.1 Å². The Hall–Kier alpha value is -1.11. The van der Waals surface area contributed by atoms with Gasteiger partial charge in [0.05, 0.1) is 26.2 Å². The molecular weight excluding hydrogens is 494 g/mol. The molecule has 0 spiro atoms. The number of ether oxygens (including phenoxy) is 4. The summed E-state index contributed by atoms with van der Waals surface area (Å²) in [4.78, 5) is 22.4. The molecule has 0 aromatic carbocycles. The van der Waals surface area contributed by atoms with Gasteiger partial charge in [-0.2, -0.15) is 11.8 Å². The zero-order valence-electron chi connectivity index (χ0n) is 19.2. The molecule has 0 radical (unpaired) electrons. The summed E-state index contributed by atoms with van der Waals surface area (Å²) in [5, 5.41) is 71.3. The Balaban J connectivity index is 2.09. The first-order chi connectivity index (χ1) is 16.6. The summed E-state index contributed by atoms with van der Waals surface area (Å²) >= 11 is 1.43. The summed E-state index contributed by atoms with van der Waals surface area (Å²) < 4.78 is 22.4. The average molecular weight is 530 g/mol. The molecule has 2 aliphatic heterocycles. The maximum Gasteiger partial charge on any atom is 0.304 e. The van der Waals surface area contributed by atoms with Crippen molar-refractivity contribution in [3.8, 4) is 0 Å². The Morgan fingerprint density at radius 3 is 2.14 bits per heavy atom. The Morgan fingerprint density at radius 1 is 0.914 bits per heavy atom. The van der Waals surface area contributed by atoms with Gasteiger partial charge in [0.15, 0.2) is 12.6 Å². The smallest absolute Gasteiger partial charge is 0.304 e. The van der Waals surface area contributed by atoms with Crippen molar-refractivity contribution >= 4 is 23.6 Å². The lowest BCUT2D eigenvalue weighted by atomic mass is 9.95. The van der Waals surface area contributed by atoms with E-state index < -0.39 is 86.4 Å². The summed E-state index contributed by atoms with van der Waals surface area (Å²) in [6, 6.07) is -1.13. The lowest BCUT2D eigenvalue weighted by Gasteiger charge is -2.47. The normalized spacial score (nSPS) is 37.7. The van der Waals surface area contributed by atoms with Gasteiger partial charge in [0, 0.05) is 12.7 Å². The molecule has 2 fully saturated rings. The highest BCUT2D eigenvalue weighted by Crippen LogP contribution is 2.29. The Kier molecular flexibility index (Phi) is 12.5. The molecule has 2 aliphatic rings. The lowest BCUT2D eigenvalue weighted by molar-refractivity contribution is -0.344. The molecule has 0 aromatic heterocycles. The standard InChI is InChI=1S/C20H35NO13S/c1-9(24)21-13-18(34-20-17(30)16(29)14(27)10(7-22)33-20)15(28)11(8-23)32-19(13)31-4-2-5-35-6-3-12(25)26/h10-11,13-20,22-23,27-30H,2-8H2,1H3,(H,21,24)(H,25,26)/t10-,11-,13-,14+,15+,16+,17-,18-,19+,20+/m1/s1. The quantitative estimate of drug-likeness (QED) is 0.108. The molecule has 0 bridgehead atoms. The molecule has 0 aliphatic carbocycles. The van der Waals surface area contributed by atoms with Gasteiger partial charge in [-0.15, -0.1) is 0 Å². The maximum atomic E-state index is 11.9. The van der Waals surface area contributed by atoms with Crippen molar-refractivity contribution in [3.05, 3.63) is 0 Å². The number of thioether (sulfide) groups is 1. The third kappa shape index (κ3) is 8.46. The van der Waals surface area contributed by atoms with E-state index in [0.717, 1.165) is 0 Å². The van der Waals surface area contributed by atoms with Gasteiger partial charge in [0.1, 0.15) is 48.8 Å². The molecular formula is C20H35NO13S. The molecule has 2 heterocycles. The SMILES string of the molecule is CC(=O)N[C@H]1[C@@H](OCCCSCCC(=O)O)O[C@H](CO)[C@H](O)[C@@H]1O[C@@H]1O[C@H](CO)[C@H](O)[C@H](O)[C@H]1O. The molecule has 0 unspecified atom stereocenters. The molecule has 0 saturated carbocycles. The maximum absolute atomic E-state index is 11.9. The minimum absolute atomic E-state index is 0.0366. The first-order valence-electron chi connectivity index (χ1n) is 11.2. The first-order valence-corrected chi connectivity index (χ1v) is 12.3. The predicted octanol–water partition coefficient (Wildman–Crippen LogP) is -3.63. The van der Waals surface area contributed by atoms with E-state index in [1.54, 1.807) is 0 Å². The number of nitrogens with one attached hydrogen (secondary N) is 1. The second-order valence-electron chi connectivity index (χ2n) is 8.22. The summed E-state index contributed by atoms with van der Waals surface area (Å²) in [7, 11) is 0. The molecule has 2 rings (SSSR count). The predicted molar refractivity (Wildman–Crippen MR) is 118 cm³/mol. The summed E-state index contributed by atoms with van der Waals surface area (Å²) in [6.45, 7) is 0.0343. The lowest BCUT2D eigenvalue weighted by Crippen LogP contribution is -2.68. The average Bonchev–Trinajstić information content (AvgIpc) is 2.81. The number of carboxylic acid groups (broad SMARTS) is 1. The number of carbonyl (C=O) groups is 2. The van der Waals surface area contributed by atoms with Crippen molar-refractivity contribution in [1.29, 1.82) is 0 Å². The fourth-order valence-corrected chi connectivity index (χ4v) is 4.56. The number of amides is 1. The molecule has 8 N–H and O–H groups in total. The van der Waals surface area contributed by atoms with Crippen molar-refractivity contribution in [3.63, 3.8) is 0 Å².